The molecule has 3 aromatic rings. The normalized spacial score (nSPS) is 11.8. The molecule has 33 heavy (non-hydrogen) atoms. The molecule has 3 rings (SSSR count). The molecular formula is C24H24N2O6S. The maximum absolute atomic E-state index is 12.8. The average molecular weight is 469 g/mol. The lowest BCUT2D eigenvalue weighted by molar-refractivity contribution is -0.124. The molecular weight excluding hydrogens is 444 g/mol. The summed E-state index contributed by atoms with van der Waals surface area (Å²) < 4.78 is 38.2. The molecule has 2 N–H and O–H groups in total. The summed E-state index contributed by atoms with van der Waals surface area (Å²) in [6.45, 7) is 1.32. The predicted octanol–water partition coefficient (Wildman–Crippen LogP) is 3.53. The van der Waals surface area contributed by atoms with E-state index in [1.165, 1.54) is 31.4 Å². The molecule has 172 valence electrons. The number of ether oxygens (including phenoxy) is 2. The average Bonchev–Trinajstić information content (AvgIpc) is 2.83. The fraction of sp³-hybridized carbons (Fsp3) is 0.167. The Morgan fingerprint density at radius 2 is 1.64 bits per heavy atom. The first-order valence-electron chi connectivity index (χ1n) is 10.1. The number of hydrogen-bond donors (Lipinski definition) is 2. The van der Waals surface area contributed by atoms with Crippen molar-refractivity contribution >= 4 is 27.6 Å². The highest BCUT2D eigenvalue weighted by Gasteiger charge is 2.19. The standard InChI is InChI=1S/C24H24N2O6S/c1-17(18-9-4-3-5-10-18)25-23(27)16-32-24(28)19-11-8-12-20(15-19)33(29,30)26-21-13-6-7-14-22(21)31-2/h3-15,17,26H,16H2,1-2H3,(H,25,27). The van der Waals surface area contributed by atoms with Crippen LogP contribution in [0.2, 0.25) is 0 Å². The largest absolute Gasteiger partial charge is 0.495 e. The maximum atomic E-state index is 12.8. The number of amides is 1. The van der Waals surface area contributed by atoms with Crippen molar-refractivity contribution < 1.29 is 27.5 Å². The van der Waals surface area contributed by atoms with Crippen molar-refractivity contribution in [3.63, 3.8) is 0 Å². The van der Waals surface area contributed by atoms with Gasteiger partial charge in [0.2, 0.25) is 0 Å². The molecule has 0 fully saturated rings. The Bertz CT molecular complexity index is 1230. The predicted molar refractivity (Wildman–Crippen MR) is 124 cm³/mol. The molecule has 1 unspecified atom stereocenters. The van der Waals surface area contributed by atoms with E-state index in [2.05, 4.69) is 10.0 Å². The van der Waals surface area contributed by atoms with Crippen molar-refractivity contribution in [1.82, 2.24) is 5.32 Å². The Labute approximate surface area is 192 Å². The van der Waals surface area contributed by atoms with Crippen LogP contribution in [0.5, 0.6) is 5.75 Å². The van der Waals surface area contributed by atoms with Crippen molar-refractivity contribution in [2.75, 3.05) is 18.4 Å². The number of anilines is 1. The zero-order valence-corrected chi connectivity index (χ0v) is 19.0. The van der Waals surface area contributed by atoms with Crippen molar-refractivity contribution in [2.45, 2.75) is 17.9 Å². The van der Waals surface area contributed by atoms with Crippen LogP contribution in [-0.4, -0.2) is 34.0 Å². The Morgan fingerprint density at radius 1 is 0.939 bits per heavy atom. The summed E-state index contributed by atoms with van der Waals surface area (Å²) in [5.41, 5.74) is 1.18. The van der Waals surface area contributed by atoms with Crippen LogP contribution in [0.4, 0.5) is 5.69 Å². The number of nitrogens with one attached hydrogen (secondary N) is 2. The van der Waals surface area contributed by atoms with E-state index in [1.54, 1.807) is 24.3 Å². The van der Waals surface area contributed by atoms with Gasteiger partial charge in [-0.25, -0.2) is 13.2 Å². The minimum atomic E-state index is -4.00. The quantitative estimate of drug-likeness (QED) is 0.465. The minimum absolute atomic E-state index is 0.00168. The molecule has 1 amide bonds. The van der Waals surface area contributed by atoms with E-state index < -0.39 is 28.5 Å². The number of methoxy groups -OCH3 is 1. The number of rotatable bonds is 9. The molecule has 0 aliphatic heterocycles. The monoisotopic (exact) mass is 468 g/mol. The number of carbonyl (C=O) groups excluding carboxylic acids is 2. The first-order valence-corrected chi connectivity index (χ1v) is 11.6. The second-order valence-electron chi connectivity index (χ2n) is 7.11. The third-order valence-corrected chi connectivity index (χ3v) is 6.11. The first-order chi connectivity index (χ1) is 15.8. The highest BCUT2D eigenvalue weighted by atomic mass is 32.2. The van der Waals surface area contributed by atoms with Gasteiger partial charge < -0.3 is 14.8 Å². The van der Waals surface area contributed by atoms with E-state index in [1.807, 2.05) is 37.3 Å². The fourth-order valence-corrected chi connectivity index (χ4v) is 4.16. The van der Waals surface area contributed by atoms with Crippen LogP contribution >= 0.6 is 0 Å². The number of sulfonamides is 1. The number of benzene rings is 3. The van der Waals surface area contributed by atoms with Crippen LogP contribution in [0.15, 0.2) is 83.8 Å². The van der Waals surface area contributed by atoms with Crippen LogP contribution in [0, 0.1) is 0 Å². The molecule has 8 nitrogen and oxygen atoms in total. The number of carbonyl (C=O) groups is 2. The summed E-state index contributed by atoms with van der Waals surface area (Å²) in [5, 5.41) is 2.74. The SMILES string of the molecule is COc1ccccc1NS(=O)(=O)c1cccc(C(=O)OCC(=O)NC(C)c2ccccc2)c1. The topological polar surface area (TPSA) is 111 Å². The van der Waals surface area contributed by atoms with Gasteiger partial charge in [-0.1, -0.05) is 48.5 Å². The van der Waals surface area contributed by atoms with Gasteiger partial charge in [0.1, 0.15) is 5.75 Å². The third-order valence-electron chi connectivity index (χ3n) is 4.74. The van der Waals surface area contributed by atoms with E-state index in [-0.39, 0.29) is 22.2 Å². The number of esters is 1. The Morgan fingerprint density at radius 3 is 2.36 bits per heavy atom. The van der Waals surface area contributed by atoms with Gasteiger partial charge in [0.25, 0.3) is 15.9 Å². The van der Waals surface area contributed by atoms with Gasteiger partial charge >= 0.3 is 5.97 Å². The Balaban J connectivity index is 1.63. The molecule has 0 saturated carbocycles. The lowest BCUT2D eigenvalue weighted by Gasteiger charge is -2.14. The zero-order valence-electron chi connectivity index (χ0n) is 18.1. The maximum Gasteiger partial charge on any atom is 0.338 e. The molecule has 0 heterocycles. The molecule has 0 saturated heterocycles. The van der Waals surface area contributed by atoms with E-state index in [0.717, 1.165) is 5.56 Å². The summed E-state index contributed by atoms with van der Waals surface area (Å²) in [6.07, 6.45) is 0. The molecule has 0 bridgehead atoms. The molecule has 0 radical (unpaired) electrons. The Kier molecular flexibility index (Phi) is 7.68. The highest BCUT2D eigenvalue weighted by Crippen LogP contribution is 2.26. The van der Waals surface area contributed by atoms with Gasteiger partial charge in [0, 0.05) is 0 Å². The van der Waals surface area contributed by atoms with Crippen LogP contribution in [0.3, 0.4) is 0 Å². The van der Waals surface area contributed by atoms with Gasteiger partial charge in [-0.05, 0) is 42.8 Å². The van der Waals surface area contributed by atoms with Crippen LogP contribution in [0.25, 0.3) is 0 Å². The smallest absolute Gasteiger partial charge is 0.338 e. The lowest BCUT2D eigenvalue weighted by atomic mass is 10.1. The summed E-state index contributed by atoms with van der Waals surface area (Å²) in [7, 11) is -2.57. The summed E-state index contributed by atoms with van der Waals surface area (Å²) >= 11 is 0. The van der Waals surface area contributed by atoms with Crippen LogP contribution in [0.1, 0.15) is 28.9 Å². The first kappa shape index (κ1) is 23.8. The van der Waals surface area contributed by atoms with Gasteiger partial charge in [-0.15, -0.1) is 0 Å². The van der Waals surface area contributed by atoms with Crippen molar-refractivity contribution in [3.8, 4) is 5.75 Å². The second-order valence-corrected chi connectivity index (χ2v) is 8.79. The summed E-state index contributed by atoms with van der Waals surface area (Å²) in [5.74, 6) is -0.930. The van der Waals surface area contributed by atoms with Gasteiger partial charge in [0.05, 0.1) is 29.3 Å². The van der Waals surface area contributed by atoms with Crippen molar-refractivity contribution in [2.24, 2.45) is 0 Å². The summed E-state index contributed by atoms with van der Waals surface area (Å²) in [4.78, 5) is 24.4. The van der Waals surface area contributed by atoms with Crippen molar-refractivity contribution in [1.29, 1.82) is 0 Å². The lowest BCUT2D eigenvalue weighted by Crippen LogP contribution is -2.31. The molecule has 1 atom stereocenters. The Hall–Kier alpha value is -3.85. The highest BCUT2D eigenvalue weighted by molar-refractivity contribution is 7.92. The minimum Gasteiger partial charge on any atom is -0.495 e. The van der Waals surface area contributed by atoms with E-state index in [4.69, 9.17) is 9.47 Å². The number of para-hydroxylation sites is 2. The molecule has 0 aliphatic rings. The second kappa shape index (κ2) is 10.6. The van der Waals surface area contributed by atoms with E-state index in [0.29, 0.717) is 5.75 Å². The molecule has 9 heteroatoms. The molecule has 0 aromatic heterocycles. The molecule has 0 spiro atoms. The summed E-state index contributed by atoms with van der Waals surface area (Å²) in [6, 6.07) is 21.0. The zero-order chi connectivity index (χ0) is 23.8. The number of hydrogen-bond acceptors (Lipinski definition) is 6. The van der Waals surface area contributed by atoms with E-state index in [9.17, 15) is 18.0 Å². The third kappa shape index (κ3) is 6.33. The van der Waals surface area contributed by atoms with Crippen molar-refractivity contribution in [3.05, 3.63) is 90.0 Å². The molecule has 0 aliphatic carbocycles. The van der Waals surface area contributed by atoms with Gasteiger partial charge in [-0.3, -0.25) is 9.52 Å². The molecule has 3 aromatic carbocycles. The van der Waals surface area contributed by atoms with Crippen LogP contribution in [-0.2, 0) is 19.6 Å². The van der Waals surface area contributed by atoms with Crippen LogP contribution < -0.4 is 14.8 Å². The van der Waals surface area contributed by atoms with Gasteiger partial charge in [0.15, 0.2) is 6.61 Å². The van der Waals surface area contributed by atoms with Gasteiger partial charge in [-0.2, -0.15) is 0 Å². The fourth-order valence-electron chi connectivity index (χ4n) is 3.05. The van der Waals surface area contributed by atoms with E-state index >= 15 is 0 Å².